The highest BCUT2D eigenvalue weighted by Gasteiger charge is 2.28. The quantitative estimate of drug-likeness (QED) is 0.108. The number of nitrogens with zero attached hydrogens (tertiary/aromatic N) is 6. The van der Waals surface area contributed by atoms with Crippen LogP contribution in [0.15, 0.2) is 179 Å². The highest BCUT2D eigenvalue weighted by atomic mass is 35.5. The predicted molar refractivity (Wildman–Crippen MR) is 299 cm³/mol. The lowest BCUT2D eigenvalue weighted by atomic mass is 9.96. The maximum absolute atomic E-state index is 12.4. The van der Waals surface area contributed by atoms with Crippen molar-refractivity contribution < 1.29 is 5.48 Å². The van der Waals surface area contributed by atoms with Gasteiger partial charge in [0.05, 0.1) is 32.5 Å². The van der Waals surface area contributed by atoms with E-state index in [2.05, 4.69) is 153 Å². The standard InChI is InChI=1S/2C27H29N3OS.4ClH.H2O/c2*31-27-30(24-14-7-8-15-25(24)32-27)17-9-16-28-18-20-29(21-19-28)26(22-10-3-1-4-11-22)23-12-5-2-6-13-23;;;;;/h2*1-8,10-15,26H,9,16-21H2;4*1H;1H2. The molecule has 9 nitrogen and oxygen atoms in total. The lowest BCUT2D eigenvalue weighted by molar-refractivity contribution is 0.108. The number of benzene rings is 6. The van der Waals surface area contributed by atoms with Gasteiger partial charge >= 0.3 is 9.75 Å². The summed E-state index contributed by atoms with van der Waals surface area (Å²) in [6.45, 7) is 12.1. The van der Waals surface area contributed by atoms with Crippen molar-refractivity contribution in [3.63, 3.8) is 0 Å². The van der Waals surface area contributed by atoms with E-state index in [4.69, 9.17) is 0 Å². The monoisotopic (exact) mass is 1050 g/mol. The number of aryl methyl sites for hydroxylation is 2. The van der Waals surface area contributed by atoms with Crippen LogP contribution in [0.1, 0.15) is 47.2 Å². The normalized spacial score (nSPS) is 14.4. The lowest BCUT2D eigenvalue weighted by Gasteiger charge is -2.39. The number of rotatable bonds is 14. The lowest BCUT2D eigenvalue weighted by Crippen LogP contribution is -2.48. The van der Waals surface area contributed by atoms with Crippen LogP contribution in [0.5, 0.6) is 0 Å². The Morgan fingerprint density at radius 1 is 0.362 bits per heavy atom. The van der Waals surface area contributed by atoms with Gasteiger partial charge in [-0.3, -0.25) is 28.5 Å². The molecule has 0 unspecified atom stereocenters. The molecule has 6 aromatic carbocycles. The van der Waals surface area contributed by atoms with Crippen LogP contribution in [-0.2, 0) is 13.1 Å². The number of fused-ring (bicyclic) bond motifs is 2. The summed E-state index contributed by atoms with van der Waals surface area (Å²) in [5.41, 5.74) is 7.57. The zero-order valence-corrected chi connectivity index (χ0v) is 43.6. The summed E-state index contributed by atoms with van der Waals surface area (Å²) >= 11 is 2.70. The molecular weight excluding hydrogens is 987 g/mol. The predicted octanol–water partition coefficient (Wildman–Crippen LogP) is 10.6. The molecule has 10 rings (SSSR count). The first kappa shape index (κ1) is 57.2. The van der Waals surface area contributed by atoms with Gasteiger partial charge in [0.2, 0.25) is 0 Å². The SMILES string of the molecule is Cl.Cl.Cl.Cl.O.O=c1sc2ccccc2n1CCCN1CCN(C(c2ccccc2)c2ccccc2)CC1.O=c1sc2ccccc2n1CCCN1CCN(C(c2ccccc2)c2ccccc2)CC1. The molecule has 0 radical (unpaired) electrons. The number of piperazine rings is 2. The van der Waals surface area contributed by atoms with Crippen molar-refractivity contribution in [1.82, 2.24) is 28.7 Å². The second kappa shape index (κ2) is 28.5. The van der Waals surface area contributed by atoms with E-state index in [1.165, 1.54) is 44.9 Å². The van der Waals surface area contributed by atoms with Gasteiger partial charge in [0.1, 0.15) is 0 Å². The Morgan fingerprint density at radius 2 is 0.638 bits per heavy atom. The summed E-state index contributed by atoms with van der Waals surface area (Å²) < 4.78 is 6.05. The molecule has 8 aromatic rings. The molecular formula is C54H64Cl4N6O3S2. The molecule has 368 valence electrons. The average molecular weight is 1050 g/mol. The van der Waals surface area contributed by atoms with E-state index in [0.717, 1.165) is 112 Å². The third-order valence-electron chi connectivity index (χ3n) is 12.9. The van der Waals surface area contributed by atoms with E-state index >= 15 is 0 Å². The molecule has 0 atom stereocenters. The molecule has 4 heterocycles. The fourth-order valence-electron chi connectivity index (χ4n) is 9.62. The van der Waals surface area contributed by atoms with Gasteiger partial charge in [0.15, 0.2) is 0 Å². The Labute approximate surface area is 439 Å². The van der Waals surface area contributed by atoms with Crippen LogP contribution in [0, 0.1) is 0 Å². The van der Waals surface area contributed by atoms with Crippen molar-refractivity contribution in [2.45, 2.75) is 38.0 Å². The molecule has 0 spiro atoms. The average Bonchev–Trinajstić information content (AvgIpc) is 3.85. The van der Waals surface area contributed by atoms with Crippen molar-refractivity contribution in [3.8, 4) is 0 Å². The van der Waals surface area contributed by atoms with Crippen molar-refractivity contribution in [2.24, 2.45) is 0 Å². The minimum Gasteiger partial charge on any atom is -0.412 e. The number of thiazole rings is 2. The molecule has 2 aliphatic heterocycles. The van der Waals surface area contributed by atoms with Crippen LogP contribution in [0.3, 0.4) is 0 Å². The van der Waals surface area contributed by atoms with Crippen molar-refractivity contribution in [1.29, 1.82) is 0 Å². The van der Waals surface area contributed by atoms with E-state index < -0.39 is 0 Å². The highest BCUT2D eigenvalue weighted by molar-refractivity contribution is 7.16. The maximum Gasteiger partial charge on any atom is 0.308 e. The first-order valence-electron chi connectivity index (χ1n) is 22.9. The molecule has 0 bridgehead atoms. The van der Waals surface area contributed by atoms with Crippen LogP contribution >= 0.6 is 72.3 Å². The molecule has 2 saturated heterocycles. The van der Waals surface area contributed by atoms with Crippen molar-refractivity contribution in [3.05, 3.63) is 211 Å². The molecule has 0 amide bonds. The minimum atomic E-state index is 0. The molecule has 0 saturated carbocycles. The second-order valence-electron chi connectivity index (χ2n) is 16.9. The Balaban J connectivity index is 0.000000280. The molecule has 0 aliphatic carbocycles. The van der Waals surface area contributed by atoms with Crippen LogP contribution in [0.2, 0.25) is 0 Å². The number of halogens is 4. The molecule has 2 N–H and O–H groups in total. The number of hydrogen-bond donors (Lipinski definition) is 0. The molecule has 69 heavy (non-hydrogen) atoms. The summed E-state index contributed by atoms with van der Waals surface area (Å²) in [4.78, 5) is 35.4. The van der Waals surface area contributed by atoms with E-state index in [-0.39, 0.29) is 64.9 Å². The molecule has 2 fully saturated rings. The summed E-state index contributed by atoms with van der Waals surface area (Å²) in [6, 6.07) is 60.2. The number of para-hydroxylation sites is 2. The fourth-order valence-corrected chi connectivity index (χ4v) is 11.5. The Hall–Kier alpha value is -4.34. The third-order valence-corrected chi connectivity index (χ3v) is 14.8. The van der Waals surface area contributed by atoms with Crippen molar-refractivity contribution in [2.75, 3.05) is 65.4 Å². The van der Waals surface area contributed by atoms with E-state index in [1.54, 1.807) is 0 Å². The molecule has 2 aromatic heterocycles. The fraction of sp³-hybridized carbons (Fsp3) is 0.296. The first-order valence-corrected chi connectivity index (χ1v) is 24.5. The summed E-state index contributed by atoms with van der Waals surface area (Å²) in [7, 11) is 0. The van der Waals surface area contributed by atoms with Crippen LogP contribution < -0.4 is 9.75 Å². The Bertz CT molecular complexity index is 2530. The zero-order chi connectivity index (χ0) is 43.5. The minimum absolute atomic E-state index is 0. The van der Waals surface area contributed by atoms with Gasteiger partial charge in [-0.25, -0.2) is 0 Å². The summed E-state index contributed by atoms with van der Waals surface area (Å²) in [6.07, 6.45) is 2.00. The summed E-state index contributed by atoms with van der Waals surface area (Å²) in [5.74, 6) is 0. The second-order valence-corrected chi connectivity index (χ2v) is 18.9. The van der Waals surface area contributed by atoms with Crippen LogP contribution in [0.4, 0.5) is 0 Å². The van der Waals surface area contributed by atoms with Gasteiger partial charge in [-0.2, -0.15) is 0 Å². The van der Waals surface area contributed by atoms with Gasteiger partial charge in [-0.15, -0.1) is 49.6 Å². The number of aromatic nitrogens is 2. The Kier molecular flexibility index (Phi) is 23.6. The highest BCUT2D eigenvalue weighted by Crippen LogP contribution is 2.31. The van der Waals surface area contributed by atoms with E-state index in [1.807, 2.05) is 45.5 Å². The van der Waals surface area contributed by atoms with E-state index in [9.17, 15) is 9.59 Å². The summed E-state index contributed by atoms with van der Waals surface area (Å²) in [5, 5.41) is 0. The van der Waals surface area contributed by atoms with Gasteiger partial charge in [0, 0.05) is 65.4 Å². The van der Waals surface area contributed by atoms with E-state index in [0.29, 0.717) is 12.1 Å². The topological polar surface area (TPSA) is 88.5 Å². The van der Waals surface area contributed by atoms with Crippen molar-refractivity contribution >= 4 is 92.7 Å². The molecule has 15 heteroatoms. The van der Waals surface area contributed by atoms with Gasteiger partial charge < -0.3 is 15.3 Å². The van der Waals surface area contributed by atoms with Gasteiger partial charge in [-0.05, 0) is 72.5 Å². The Morgan fingerprint density at radius 3 is 0.942 bits per heavy atom. The van der Waals surface area contributed by atoms with Crippen LogP contribution in [-0.4, -0.2) is 99.7 Å². The zero-order valence-electron chi connectivity index (χ0n) is 38.7. The molecule has 2 aliphatic rings. The third kappa shape index (κ3) is 14.4. The largest absolute Gasteiger partial charge is 0.412 e. The number of hydrogen-bond acceptors (Lipinski definition) is 8. The van der Waals surface area contributed by atoms with Gasteiger partial charge in [-0.1, -0.05) is 168 Å². The first-order chi connectivity index (χ1) is 31.6. The maximum atomic E-state index is 12.4. The van der Waals surface area contributed by atoms with Crippen LogP contribution in [0.25, 0.3) is 20.4 Å². The smallest absolute Gasteiger partial charge is 0.308 e. The van der Waals surface area contributed by atoms with Gasteiger partial charge in [0.25, 0.3) is 0 Å².